The Labute approximate surface area is 175 Å². The molecule has 0 heterocycles. The molecule has 0 aliphatic heterocycles. The molecule has 0 aliphatic rings. The number of carbonyl (C=O) groups is 1. The highest BCUT2D eigenvalue weighted by Crippen LogP contribution is 2.24. The van der Waals surface area contributed by atoms with Crippen LogP contribution in [0, 0.1) is 22.7 Å². The maximum absolute atomic E-state index is 11.3. The number of carboxylic acid groups (broad SMARTS) is 1. The van der Waals surface area contributed by atoms with E-state index in [9.17, 15) is 15.2 Å². The molecular weight excluding hydrogens is 376 g/mol. The van der Waals surface area contributed by atoms with Crippen LogP contribution in [0.5, 0.6) is 0 Å². The maximum Gasteiger partial charge on any atom is 0.336 e. The van der Waals surface area contributed by atoms with Crippen LogP contribution in [0.2, 0.25) is 0 Å². The number of anilines is 1. The second-order valence-electron chi connectivity index (χ2n) is 6.36. The van der Waals surface area contributed by atoms with Gasteiger partial charge in [0.2, 0.25) is 0 Å². The first-order valence-corrected chi connectivity index (χ1v) is 9.22. The zero-order valence-corrected chi connectivity index (χ0v) is 16.6. The Morgan fingerprint density at radius 3 is 2.37 bits per heavy atom. The highest BCUT2D eigenvalue weighted by molar-refractivity contribution is 5.91. The van der Waals surface area contributed by atoms with E-state index in [0.29, 0.717) is 29.9 Å². The van der Waals surface area contributed by atoms with Crippen molar-refractivity contribution in [3.8, 4) is 23.3 Å². The molecule has 3 rings (SSSR count). The van der Waals surface area contributed by atoms with Gasteiger partial charge >= 0.3 is 5.97 Å². The van der Waals surface area contributed by atoms with Gasteiger partial charge in [-0.1, -0.05) is 48.5 Å². The van der Waals surface area contributed by atoms with Crippen molar-refractivity contribution in [2.24, 2.45) is 0 Å². The minimum absolute atomic E-state index is 0.194. The number of rotatable bonds is 6. The lowest BCUT2D eigenvalue weighted by Crippen LogP contribution is -2.17. The van der Waals surface area contributed by atoms with Gasteiger partial charge in [0, 0.05) is 31.3 Å². The van der Waals surface area contributed by atoms with Gasteiger partial charge in [-0.25, -0.2) is 4.79 Å². The van der Waals surface area contributed by atoms with E-state index < -0.39 is 5.97 Å². The van der Waals surface area contributed by atoms with Crippen molar-refractivity contribution in [3.63, 3.8) is 0 Å². The quantitative estimate of drug-likeness (QED) is 0.531. The number of carboxylic acids is 1. The molecule has 0 bridgehead atoms. The van der Waals surface area contributed by atoms with Gasteiger partial charge in [0.1, 0.15) is 0 Å². The van der Waals surface area contributed by atoms with Crippen molar-refractivity contribution in [1.82, 2.24) is 5.32 Å². The van der Waals surface area contributed by atoms with E-state index in [4.69, 9.17) is 11.0 Å². The Balaban J connectivity index is 0.00000101. The van der Waals surface area contributed by atoms with Gasteiger partial charge in [0.05, 0.1) is 23.3 Å². The number of nitrogen functional groups attached to an aromatic ring is 1. The van der Waals surface area contributed by atoms with Gasteiger partial charge in [0.15, 0.2) is 0 Å². The van der Waals surface area contributed by atoms with Crippen LogP contribution in [0.25, 0.3) is 11.1 Å². The van der Waals surface area contributed by atoms with Crippen molar-refractivity contribution < 1.29 is 9.90 Å². The Hall–Kier alpha value is -4.13. The van der Waals surface area contributed by atoms with Gasteiger partial charge in [0.25, 0.3) is 0 Å². The van der Waals surface area contributed by atoms with Crippen molar-refractivity contribution in [2.45, 2.75) is 20.0 Å². The van der Waals surface area contributed by atoms with Crippen LogP contribution >= 0.6 is 0 Å². The average Bonchev–Trinajstić information content (AvgIpc) is 2.75. The van der Waals surface area contributed by atoms with E-state index in [1.54, 1.807) is 18.2 Å². The van der Waals surface area contributed by atoms with Crippen molar-refractivity contribution in [2.75, 3.05) is 5.73 Å². The average molecular weight is 398 g/mol. The molecule has 6 nitrogen and oxygen atoms in total. The predicted octanol–water partition coefficient (Wildman–Crippen LogP) is 4.33. The molecule has 150 valence electrons. The number of hydrogen-bond donors (Lipinski definition) is 3. The topological polar surface area (TPSA) is 123 Å². The summed E-state index contributed by atoms with van der Waals surface area (Å²) in [7, 11) is 0. The second-order valence-corrected chi connectivity index (χ2v) is 6.36. The number of nitrogens with one attached hydrogen (secondary N) is 1. The molecule has 0 fully saturated rings. The molecule has 0 aliphatic carbocycles. The molecule has 6 heteroatoms. The monoisotopic (exact) mass is 398 g/mol. The Kier molecular flexibility index (Phi) is 8.14. The summed E-state index contributed by atoms with van der Waals surface area (Å²) in [5.74, 6) is -1.00. The minimum Gasteiger partial charge on any atom is -0.478 e. The van der Waals surface area contributed by atoms with Gasteiger partial charge in [-0.05, 0) is 34.9 Å². The van der Waals surface area contributed by atoms with Gasteiger partial charge < -0.3 is 16.2 Å². The molecule has 0 saturated carbocycles. The number of hydrogen-bond acceptors (Lipinski definition) is 5. The zero-order chi connectivity index (χ0) is 21.9. The summed E-state index contributed by atoms with van der Waals surface area (Å²) in [5, 5.41) is 29.3. The normalized spacial score (nSPS) is 9.57. The fraction of sp³-hybridized carbons (Fsp3) is 0.125. The van der Waals surface area contributed by atoms with Crippen LogP contribution in [0.15, 0.2) is 66.7 Å². The van der Waals surface area contributed by atoms with E-state index in [-0.39, 0.29) is 5.56 Å². The molecule has 4 N–H and O–H groups in total. The molecule has 0 aromatic heterocycles. The molecule has 0 atom stereocenters. The number of nitrogens with two attached hydrogens (primary N) is 1. The van der Waals surface area contributed by atoms with E-state index in [2.05, 4.69) is 11.4 Å². The lowest BCUT2D eigenvalue weighted by atomic mass is 9.98. The Morgan fingerprint density at radius 1 is 1.03 bits per heavy atom. The summed E-state index contributed by atoms with van der Waals surface area (Å²) >= 11 is 0. The smallest absolute Gasteiger partial charge is 0.336 e. The summed E-state index contributed by atoms with van der Waals surface area (Å²) in [6, 6.07) is 24.4. The van der Waals surface area contributed by atoms with E-state index in [0.717, 1.165) is 16.7 Å². The first-order chi connectivity index (χ1) is 14.5. The molecule has 0 radical (unpaired) electrons. The second kappa shape index (κ2) is 11.0. The lowest BCUT2D eigenvalue weighted by molar-refractivity contribution is 0.0695. The third-order valence-electron chi connectivity index (χ3n) is 4.36. The fourth-order valence-corrected chi connectivity index (χ4v) is 3.00. The molecular formula is C24H22N4O2. The highest BCUT2D eigenvalue weighted by Gasteiger charge is 2.12. The first kappa shape index (κ1) is 22.2. The van der Waals surface area contributed by atoms with Gasteiger partial charge in [-0.3, -0.25) is 0 Å². The third kappa shape index (κ3) is 5.68. The zero-order valence-electron chi connectivity index (χ0n) is 16.6. The maximum atomic E-state index is 11.3. The van der Waals surface area contributed by atoms with E-state index in [1.165, 1.54) is 13.0 Å². The predicted molar refractivity (Wildman–Crippen MR) is 116 cm³/mol. The molecule has 30 heavy (non-hydrogen) atoms. The van der Waals surface area contributed by atoms with Crippen LogP contribution in [-0.4, -0.2) is 11.1 Å². The van der Waals surface area contributed by atoms with Gasteiger partial charge in [-0.15, -0.1) is 0 Å². The molecule has 3 aromatic rings. The third-order valence-corrected chi connectivity index (χ3v) is 4.36. The number of nitriles is 2. The molecule has 0 amide bonds. The fourth-order valence-electron chi connectivity index (χ4n) is 3.00. The minimum atomic E-state index is -1.00. The van der Waals surface area contributed by atoms with Crippen LogP contribution in [-0.2, 0) is 13.1 Å². The van der Waals surface area contributed by atoms with E-state index in [1.807, 2.05) is 48.5 Å². The highest BCUT2D eigenvalue weighted by atomic mass is 16.4. The summed E-state index contributed by atoms with van der Waals surface area (Å²) in [5.41, 5.74) is 10.6. The molecule has 0 unspecified atom stereocenters. The van der Waals surface area contributed by atoms with Gasteiger partial charge in [-0.2, -0.15) is 10.5 Å². The van der Waals surface area contributed by atoms with Crippen LogP contribution in [0.3, 0.4) is 0 Å². The summed E-state index contributed by atoms with van der Waals surface area (Å²) in [6.07, 6.45) is 0. The summed E-state index contributed by atoms with van der Waals surface area (Å²) < 4.78 is 0. The van der Waals surface area contributed by atoms with Crippen LogP contribution in [0.1, 0.15) is 34.0 Å². The number of aromatic carboxylic acids is 1. The Morgan fingerprint density at radius 2 is 1.73 bits per heavy atom. The summed E-state index contributed by atoms with van der Waals surface area (Å²) in [4.78, 5) is 11.3. The van der Waals surface area contributed by atoms with E-state index >= 15 is 0 Å². The van der Waals surface area contributed by atoms with Crippen molar-refractivity contribution >= 4 is 11.7 Å². The van der Waals surface area contributed by atoms with Crippen molar-refractivity contribution in [3.05, 3.63) is 89.0 Å². The molecule has 0 saturated heterocycles. The standard InChI is InChI=1S/C22H19N3O2.C2H3N/c23-12-17-11-15(9-10-18(17)16-5-2-1-3-6-16)13-25-14-20-19(22(26)27)7-4-8-21(20)24;1-2-3/h1-11,25H,13-14,24H2,(H,26,27);1H3. The number of nitrogens with zero attached hydrogens (tertiary/aromatic N) is 2. The van der Waals surface area contributed by atoms with Crippen LogP contribution < -0.4 is 11.1 Å². The Bertz CT molecular complexity index is 1100. The van der Waals surface area contributed by atoms with Crippen LogP contribution in [0.4, 0.5) is 5.69 Å². The largest absolute Gasteiger partial charge is 0.478 e. The van der Waals surface area contributed by atoms with Crippen molar-refractivity contribution in [1.29, 1.82) is 10.5 Å². The summed E-state index contributed by atoms with van der Waals surface area (Å²) in [6.45, 7) is 2.26. The molecule has 0 spiro atoms. The first-order valence-electron chi connectivity index (χ1n) is 9.22. The number of benzene rings is 3. The molecule has 3 aromatic carbocycles. The SMILES string of the molecule is CC#N.N#Cc1cc(CNCc2c(N)cccc2C(=O)O)ccc1-c1ccccc1. The lowest BCUT2D eigenvalue weighted by Gasteiger charge is -2.12.